The number of hydrogen-bond donors (Lipinski definition) is 1. The summed E-state index contributed by atoms with van der Waals surface area (Å²) in [6.45, 7) is 1.08. The molecule has 1 N–H and O–H groups in total. The lowest BCUT2D eigenvalue weighted by molar-refractivity contribution is 0.102. The average molecular weight is 495 g/mol. The Morgan fingerprint density at radius 2 is 1.87 bits per heavy atom. The molecular formula is C20H19ClN4O3S3. The van der Waals surface area contributed by atoms with Crippen molar-refractivity contribution >= 4 is 55.8 Å². The van der Waals surface area contributed by atoms with Crippen LogP contribution in [0.3, 0.4) is 0 Å². The van der Waals surface area contributed by atoms with E-state index in [0.717, 1.165) is 22.7 Å². The van der Waals surface area contributed by atoms with Gasteiger partial charge in [-0.15, -0.1) is 10.2 Å². The van der Waals surface area contributed by atoms with Crippen LogP contribution >= 0.6 is 34.7 Å². The molecule has 31 heavy (non-hydrogen) atoms. The Morgan fingerprint density at radius 1 is 1.13 bits per heavy atom. The van der Waals surface area contributed by atoms with Crippen molar-refractivity contribution in [3.8, 4) is 0 Å². The monoisotopic (exact) mass is 494 g/mol. The quantitative estimate of drug-likeness (QED) is 0.383. The maximum atomic E-state index is 12.6. The second-order valence-electron chi connectivity index (χ2n) is 6.88. The van der Waals surface area contributed by atoms with Crippen molar-refractivity contribution in [3.63, 3.8) is 0 Å². The minimum atomic E-state index is -3.50. The van der Waals surface area contributed by atoms with Gasteiger partial charge in [0, 0.05) is 29.4 Å². The van der Waals surface area contributed by atoms with Gasteiger partial charge in [0.25, 0.3) is 5.91 Å². The number of thioether (sulfide) groups is 1. The topological polar surface area (TPSA) is 92.3 Å². The van der Waals surface area contributed by atoms with E-state index in [2.05, 4.69) is 15.5 Å². The van der Waals surface area contributed by atoms with E-state index >= 15 is 0 Å². The standard InChI is InChI=1S/C20H19ClN4O3S3/c21-16-5-3-4-14(12-16)13-29-20-24-23-19(30-20)22-18(26)15-6-8-17(9-7-15)31(27,28)25-10-1-2-11-25/h3-9,12H,1-2,10-11,13H2,(H,22,23,26). The summed E-state index contributed by atoms with van der Waals surface area (Å²) in [6, 6.07) is 13.5. The molecule has 1 aliphatic heterocycles. The number of amides is 1. The van der Waals surface area contributed by atoms with E-state index in [1.807, 2.05) is 24.3 Å². The first-order chi connectivity index (χ1) is 14.9. The van der Waals surface area contributed by atoms with E-state index in [0.29, 0.717) is 34.6 Å². The number of hydrogen-bond acceptors (Lipinski definition) is 7. The number of carbonyl (C=O) groups excluding carboxylic acids is 1. The van der Waals surface area contributed by atoms with Crippen LogP contribution in [0.25, 0.3) is 0 Å². The molecule has 4 rings (SSSR count). The lowest BCUT2D eigenvalue weighted by Crippen LogP contribution is -2.27. The summed E-state index contributed by atoms with van der Waals surface area (Å²) in [7, 11) is -3.50. The molecule has 1 aromatic heterocycles. The molecule has 162 valence electrons. The van der Waals surface area contributed by atoms with Crippen LogP contribution in [0.15, 0.2) is 57.8 Å². The number of rotatable bonds is 7. The van der Waals surface area contributed by atoms with Crippen molar-refractivity contribution in [2.45, 2.75) is 27.8 Å². The van der Waals surface area contributed by atoms with Crippen LogP contribution in [0.5, 0.6) is 0 Å². The molecule has 7 nitrogen and oxygen atoms in total. The molecule has 1 amide bonds. The Bertz CT molecular complexity index is 1180. The third-order valence-corrected chi connectivity index (χ3v) is 8.89. The Morgan fingerprint density at radius 3 is 2.58 bits per heavy atom. The zero-order valence-electron chi connectivity index (χ0n) is 16.3. The molecule has 1 fully saturated rings. The van der Waals surface area contributed by atoms with Crippen molar-refractivity contribution in [1.29, 1.82) is 0 Å². The third-order valence-electron chi connectivity index (χ3n) is 4.70. The van der Waals surface area contributed by atoms with Crippen molar-refractivity contribution in [1.82, 2.24) is 14.5 Å². The molecule has 1 saturated heterocycles. The maximum Gasteiger partial charge on any atom is 0.257 e. The van der Waals surface area contributed by atoms with Gasteiger partial charge in [-0.05, 0) is 54.8 Å². The van der Waals surface area contributed by atoms with Crippen molar-refractivity contribution in [2.75, 3.05) is 18.4 Å². The van der Waals surface area contributed by atoms with Gasteiger partial charge < -0.3 is 0 Å². The summed E-state index contributed by atoms with van der Waals surface area (Å²) in [5, 5.41) is 11.9. The van der Waals surface area contributed by atoms with E-state index < -0.39 is 10.0 Å². The number of sulfonamides is 1. The van der Waals surface area contributed by atoms with Crippen LogP contribution in [0.4, 0.5) is 5.13 Å². The molecule has 0 aliphatic carbocycles. The van der Waals surface area contributed by atoms with Crippen LogP contribution in [0.2, 0.25) is 5.02 Å². The number of carbonyl (C=O) groups is 1. The zero-order valence-corrected chi connectivity index (χ0v) is 19.5. The van der Waals surface area contributed by atoms with Gasteiger partial charge in [0.2, 0.25) is 15.2 Å². The summed E-state index contributed by atoms with van der Waals surface area (Å²) < 4.78 is 27.4. The maximum absolute atomic E-state index is 12.6. The molecule has 3 aromatic rings. The van der Waals surface area contributed by atoms with E-state index in [-0.39, 0.29) is 10.8 Å². The summed E-state index contributed by atoms with van der Waals surface area (Å²) in [5.74, 6) is 0.323. The molecular weight excluding hydrogens is 476 g/mol. The molecule has 11 heteroatoms. The van der Waals surface area contributed by atoms with Gasteiger partial charge in [-0.1, -0.05) is 46.8 Å². The van der Waals surface area contributed by atoms with Gasteiger partial charge >= 0.3 is 0 Å². The number of anilines is 1. The average Bonchev–Trinajstić information content (AvgIpc) is 3.45. The second kappa shape index (κ2) is 9.66. The fraction of sp³-hybridized carbons (Fsp3) is 0.250. The molecule has 0 saturated carbocycles. The molecule has 0 spiro atoms. The van der Waals surface area contributed by atoms with Gasteiger partial charge in [0.05, 0.1) is 4.90 Å². The van der Waals surface area contributed by atoms with Gasteiger partial charge in [0.1, 0.15) is 0 Å². The van der Waals surface area contributed by atoms with Crippen LogP contribution in [-0.2, 0) is 15.8 Å². The minimum absolute atomic E-state index is 0.196. The largest absolute Gasteiger partial charge is 0.296 e. The molecule has 0 radical (unpaired) electrons. The van der Waals surface area contributed by atoms with Gasteiger partial charge in [-0.3, -0.25) is 10.1 Å². The van der Waals surface area contributed by atoms with Crippen molar-refractivity contribution < 1.29 is 13.2 Å². The SMILES string of the molecule is O=C(Nc1nnc(SCc2cccc(Cl)c2)s1)c1ccc(S(=O)(=O)N2CCCC2)cc1. The number of nitrogens with one attached hydrogen (secondary N) is 1. The molecule has 1 aliphatic rings. The van der Waals surface area contributed by atoms with Gasteiger partial charge in [0.15, 0.2) is 4.34 Å². The van der Waals surface area contributed by atoms with Crippen molar-refractivity contribution in [3.05, 3.63) is 64.7 Å². The van der Waals surface area contributed by atoms with Crippen molar-refractivity contribution in [2.24, 2.45) is 0 Å². The lowest BCUT2D eigenvalue weighted by Gasteiger charge is -2.15. The normalized spacial score (nSPS) is 14.6. The fourth-order valence-corrected chi connectivity index (χ4v) is 6.54. The highest BCUT2D eigenvalue weighted by Gasteiger charge is 2.27. The minimum Gasteiger partial charge on any atom is -0.296 e. The Kier molecular flexibility index (Phi) is 6.92. The summed E-state index contributed by atoms with van der Waals surface area (Å²) in [5.41, 5.74) is 1.42. The smallest absolute Gasteiger partial charge is 0.257 e. The predicted molar refractivity (Wildman–Crippen MR) is 123 cm³/mol. The van der Waals surface area contributed by atoms with Crippen LogP contribution < -0.4 is 5.32 Å². The highest BCUT2D eigenvalue weighted by atomic mass is 35.5. The summed E-state index contributed by atoms with van der Waals surface area (Å²) >= 11 is 8.78. The van der Waals surface area contributed by atoms with Gasteiger partial charge in [-0.2, -0.15) is 4.31 Å². The Hall–Kier alpha value is -1.98. The summed E-state index contributed by atoms with van der Waals surface area (Å²) in [6.07, 6.45) is 1.75. The molecule has 0 unspecified atom stereocenters. The number of aromatic nitrogens is 2. The first-order valence-corrected chi connectivity index (χ1v) is 13.2. The van der Waals surface area contributed by atoms with Crippen LogP contribution in [0, 0.1) is 0 Å². The van der Waals surface area contributed by atoms with Gasteiger partial charge in [-0.25, -0.2) is 8.42 Å². The number of halogens is 1. The van der Waals surface area contributed by atoms with E-state index in [9.17, 15) is 13.2 Å². The van der Waals surface area contributed by atoms with Crippen LogP contribution in [-0.4, -0.2) is 41.9 Å². The molecule has 0 atom stereocenters. The van der Waals surface area contributed by atoms with E-state index in [4.69, 9.17) is 11.6 Å². The summed E-state index contributed by atoms with van der Waals surface area (Å²) in [4.78, 5) is 12.7. The zero-order chi connectivity index (χ0) is 21.8. The first-order valence-electron chi connectivity index (χ1n) is 9.54. The second-order valence-corrected chi connectivity index (χ2v) is 11.5. The number of nitrogens with zero attached hydrogens (tertiary/aromatic N) is 3. The highest BCUT2D eigenvalue weighted by molar-refractivity contribution is 8.00. The molecule has 2 aromatic carbocycles. The highest BCUT2D eigenvalue weighted by Crippen LogP contribution is 2.29. The first kappa shape index (κ1) is 22.2. The fourth-order valence-electron chi connectivity index (χ4n) is 3.12. The van der Waals surface area contributed by atoms with E-state index in [1.165, 1.54) is 51.7 Å². The number of benzene rings is 2. The Balaban J connectivity index is 1.36. The molecule has 2 heterocycles. The Labute approximate surface area is 193 Å². The van der Waals surface area contributed by atoms with E-state index in [1.54, 1.807) is 0 Å². The lowest BCUT2D eigenvalue weighted by atomic mass is 10.2. The van der Waals surface area contributed by atoms with Crippen LogP contribution in [0.1, 0.15) is 28.8 Å². The predicted octanol–water partition coefficient (Wildman–Crippen LogP) is 4.52. The molecule has 0 bridgehead atoms. The third kappa shape index (κ3) is 5.45.